The van der Waals surface area contributed by atoms with E-state index in [-0.39, 0.29) is 34.9 Å². The minimum atomic E-state index is -1.17. The summed E-state index contributed by atoms with van der Waals surface area (Å²) in [4.78, 5) is 4.55. The highest BCUT2D eigenvalue weighted by Crippen LogP contribution is 2.57. The standard InChI is InChI=1S/C29H27Cl2FN4O4S/c30-19-2-1-3-20(31)23(19)24-18(26(40-36-24)13-4-5-13)12-39-17-10-15-6-7-16(11-17)29(15,37)28-34-25-21(32)8-14(27(33)35-38)9-22(25)41-28/h1-3,8-9,13,15-17,37-38H,4-7,10-12H2,(H2,33,35)/t15-,16?,17?,29?/m1/s1. The molecule has 0 amide bonds. The predicted octanol–water partition coefficient (Wildman–Crippen LogP) is 6.96. The van der Waals surface area contributed by atoms with Gasteiger partial charge in [0.1, 0.15) is 27.6 Å². The number of halogens is 3. The predicted molar refractivity (Wildman–Crippen MR) is 154 cm³/mol. The molecule has 0 spiro atoms. The summed E-state index contributed by atoms with van der Waals surface area (Å²) in [6, 6.07) is 8.18. The Labute approximate surface area is 248 Å². The minimum absolute atomic E-state index is 0.0809. The van der Waals surface area contributed by atoms with Crippen LogP contribution >= 0.6 is 34.5 Å². The van der Waals surface area contributed by atoms with Crippen molar-refractivity contribution in [2.75, 3.05) is 0 Å². The molecule has 7 rings (SSSR count). The number of nitrogens with zero attached hydrogens (tertiary/aromatic N) is 3. The molecule has 2 aromatic heterocycles. The molecule has 8 nitrogen and oxygen atoms in total. The number of hydrogen-bond donors (Lipinski definition) is 3. The Morgan fingerprint density at radius 3 is 2.54 bits per heavy atom. The van der Waals surface area contributed by atoms with Crippen LogP contribution in [-0.4, -0.2) is 32.4 Å². The lowest BCUT2D eigenvalue weighted by Crippen LogP contribution is -2.44. The van der Waals surface area contributed by atoms with Crippen LogP contribution in [0.5, 0.6) is 0 Å². The largest absolute Gasteiger partial charge is 0.409 e. The molecule has 3 aliphatic carbocycles. The average Bonchev–Trinajstić information content (AvgIpc) is 3.53. The molecule has 2 aromatic carbocycles. The summed E-state index contributed by atoms with van der Waals surface area (Å²) in [6.07, 6.45) is 4.96. The Kier molecular flexibility index (Phi) is 6.74. The Hall–Kier alpha value is -2.76. The molecule has 3 saturated carbocycles. The maximum atomic E-state index is 14.9. The van der Waals surface area contributed by atoms with Crippen LogP contribution in [0.3, 0.4) is 0 Å². The monoisotopic (exact) mass is 616 g/mol. The minimum Gasteiger partial charge on any atom is -0.409 e. The van der Waals surface area contributed by atoms with Crippen LogP contribution in [0.25, 0.3) is 21.5 Å². The van der Waals surface area contributed by atoms with Gasteiger partial charge in [-0.3, -0.25) is 0 Å². The van der Waals surface area contributed by atoms with Crippen molar-refractivity contribution in [1.29, 1.82) is 0 Å². The van der Waals surface area contributed by atoms with Crippen LogP contribution in [0.1, 0.15) is 66.3 Å². The Morgan fingerprint density at radius 2 is 1.88 bits per heavy atom. The molecule has 4 atom stereocenters. The maximum Gasteiger partial charge on any atom is 0.170 e. The first kappa shape index (κ1) is 27.1. The number of aliphatic hydroxyl groups is 1. The lowest BCUT2D eigenvalue weighted by molar-refractivity contribution is -0.116. The summed E-state index contributed by atoms with van der Waals surface area (Å²) in [6.45, 7) is 0.303. The first-order valence-corrected chi connectivity index (χ1v) is 15.2. The fourth-order valence-electron chi connectivity index (χ4n) is 6.60. The number of nitrogens with two attached hydrogens (primary N) is 1. The lowest BCUT2D eigenvalue weighted by Gasteiger charge is -2.41. The quantitative estimate of drug-likeness (QED) is 0.0886. The zero-order valence-electron chi connectivity index (χ0n) is 21.8. The lowest BCUT2D eigenvalue weighted by atomic mass is 9.73. The van der Waals surface area contributed by atoms with E-state index in [2.05, 4.69) is 15.3 Å². The van der Waals surface area contributed by atoms with Gasteiger partial charge in [0.15, 0.2) is 11.7 Å². The zero-order valence-corrected chi connectivity index (χ0v) is 24.1. The van der Waals surface area contributed by atoms with Gasteiger partial charge in [0, 0.05) is 22.6 Å². The average molecular weight is 618 g/mol. The van der Waals surface area contributed by atoms with Crippen molar-refractivity contribution in [3.8, 4) is 11.3 Å². The molecule has 0 saturated heterocycles. The van der Waals surface area contributed by atoms with Crippen LogP contribution < -0.4 is 5.73 Å². The molecule has 2 heterocycles. The molecule has 4 aromatic rings. The van der Waals surface area contributed by atoms with Crippen LogP contribution in [0.2, 0.25) is 10.0 Å². The van der Waals surface area contributed by atoms with Gasteiger partial charge in [0.25, 0.3) is 0 Å². The van der Waals surface area contributed by atoms with Crippen molar-refractivity contribution in [2.45, 2.75) is 62.8 Å². The van der Waals surface area contributed by atoms with Gasteiger partial charge in [-0.25, -0.2) is 9.37 Å². The molecular formula is C29H27Cl2FN4O4S. The molecule has 3 unspecified atom stereocenters. The normalized spacial score (nSPS) is 26.2. The number of oxime groups is 1. The Bertz CT molecular complexity index is 1650. The molecule has 41 heavy (non-hydrogen) atoms. The highest BCUT2D eigenvalue weighted by atomic mass is 35.5. The third-order valence-electron chi connectivity index (χ3n) is 8.83. The third kappa shape index (κ3) is 4.51. The number of ether oxygens (including phenoxy) is 1. The van der Waals surface area contributed by atoms with E-state index >= 15 is 0 Å². The maximum absolute atomic E-state index is 14.9. The summed E-state index contributed by atoms with van der Waals surface area (Å²) in [5, 5.41) is 29.9. The van der Waals surface area contributed by atoms with Gasteiger partial charge >= 0.3 is 0 Å². The Balaban J connectivity index is 1.13. The van der Waals surface area contributed by atoms with Gasteiger partial charge in [-0.2, -0.15) is 0 Å². The van der Waals surface area contributed by atoms with Crippen LogP contribution in [-0.2, 0) is 16.9 Å². The van der Waals surface area contributed by atoms with Crippen LogP contribution in [0, 0.1) is 17.7 Å². The third-order valence-corrected chi connectivity index (χ3v) is 10.6. The highest BCUT2D eigenvalue weighted by molar-refractivity contribution is 7.18. The second-order valence-electron chi connectivity index (χ2n) is 11.3. The van der Waals surface area contributed by atoms with Gasteiger partial charge in [0.05, 0.1) is 27.5 Å². The second kappa shape index (κ2) is 10.2. The molecule has 3 aliphatic rings. The number of hydrogen-bond acceptors (Lipinski definition) is 8. The summed E-state index contributed by atoms with van der Waals surface area (Å²) in [5.41, 5.74) is 7.08. The number of fused-ring (bicyclic) bond motifs is 3. The van der Waals surface area contributed by atoms with Crippen molar-refractivity contribution in [2.24, 2.45) is 22.7 Å². The topological polar surface area (TPSA) is 127 Å². The molecule has 214 valence electrons. The molecule has 0 aliphatic heterocycles. The van der Waals surface area contributed by atoms with E-state index in [1.165, 1.54) is 17.4 Å². The first-order valence-electron chi connectivity index (χ1n) is 13.6. The Morgan fingerprint density at radius 1 is 1.17 bits per heavy atom. The van der Waals surface area contributed by atoms with E-state index < -0.39 is 11.4 Å². The van der Waals surface area contributed by atoms with Gasteiger partial charge in [-0.15, -0.1) is 11.3 Å². The fraction of sp³-hybridized carbons (Fsp3) is 0.414. The van der Waals surface area contributed by atoms with E-state index in [0.717, 1.165) is 37.0 Å². The SMILES string of the molecule is N/C(=N\O)c1cc(F)c2nc(C3(O)C4CC[C@@H]3CC(OCc3c(-c5c(Cl)cccc5Cl)noc3C3CC3)C4)sc2c1. The van der Waals surface area contributed by atoms with E-state index in [4.69, 9.17) is 43.4 Å². The molecule has 4 N–H and O–H groups in total. The van der Waals surface area contributed by atoms with E-state index in [1.54, 1.807) is 24.3 Å². The second-order valence-corrected chi connectivity index (χ2v) is 13.1. The van der Waals surface area contributed by atoms with Crippen LogP contribution in [0.15, 0.2) is 40.0 Å². The van der Waals surface area contributed by atoms with Gasteiger partial charge in [0.2, 0.25) is 0 Å². The summed E-state index contributed by atoms with van der Waals surface area (Å²) >= 11 is 14.3. The first-order chi connectivity index (χ1) is 19.8. The highest BCUT2D eigenvalue weighted by Gasteiger charge is 2.56. The van der Waals surface area contributed by atoms with Crippen molar-refractivity contribution >= 4 is 50.6 Å². The number of benzene rings is 2. The van der Waals surface area contributed by atoms with Gasteiger partial charge in [-0.1, -0.05) is 39.6 Å². The summed E-state index contributed by atoms with van der Waals surface area (Å²) < 4.78 is 27.7. The van der Waals surface area contributed by atoms with Gasteiger partial charge < -0.3 is 25.3 Å². The molecular weight excluding hydrogens is 590 g/mol. The van der Waals surface area contributed by atoms with E-state index in [9.17, 15) is 9.50 Å². The fourth-order valence-corrected chi connectivity index (χ4v) is 8.45. The van der Waals surface area contributed by atoms with E-state index in [1.807, 2.05) is 0 Å². The van der Waals surface area contributed by atoms with Crippen LogP contribution in [0.4, 0.5) is 4.39 Å². The summed E-state index contributed by atoms with van der Waals surface area (Å²) in [5.74, 6) is 0.225. The number of thiazole rings is 1. The number of aromatic nitrogens is 2. The molecule has 0 radical (unpaired) electrons. The van der Waals surface area contributed by atoms with Crippen molar-refractivity contribution in [3.63, 3.8) is 0 Å². The van der Waals surface area contributed by atoms with E-state index in [0.29, 0.717) is 56.4 Å². The van der Waals surface area contributed by atoms with Gasteiger partial charge in [-0.05, 0) is 74.6 Å². The summed E-state index contributed by atoms with van der Waals surface area (Å²) in [7, 11) is 0. The number of amidine groups is 1. The molecule has 3 fully saturated rings. The van der Waals surface area contributed by atoms with Crippen molar-refractivity contribution in [1.82, 2.24) is 10.1 Å². The van der Waals surface area contributed by atoms with Crippen molar-refractivity contribution < 1.29 is 24.0 Å². The molecule has 2 bridgehead atoms. The van der Waals surface area contributed by atoms with Crippen molar-refractivity contribution in [3.05, 3.63) is 68.1 Å². The smallest absolute Gasteiger partial charge is 0.170 e. The molecule has 12 heteroatoms. The zero-order chi connectivity index (χ0) is 28.5. The number of rotatable bonds is 7.